The number of nitrogens with zero attached hydrogens (tertiary/aromatic N) is 2. The van der Waals surface area contributed by atoms with Gasteiger partial charge in [0.15, 0.2) is 0 Å². The fraction of sp³-hybridized carbons (Fsp3) is 0.278. The highest BCUT2D eigenvalue weighted by molar-refractivity contribution is 6.30. The molecule has 118 valence electrons. The van der Waals surface area contributed by atoms with Gasteiger partial charge >= 0.3 is 0 Å². The molecule has 0 bridgehead atoms. The summed E-state index contributed by atoms with van der Waals surface area (Å²) in [5.41, 5.74) is 2.31. The molecule has 3 nitrogen and oxygen atoms in total. The van der Waals surface area contributed by atoms with Crippen LogP contribution in [0.5, 0.6) is 0 Å². The van der Waals surface area contributed by atoms with E-state index in [1.54, 1.807) is 30.3 Å². The standard InChI is InChI=1S/C18H16ClFN2O/c1-12-10-22(17-8-15(19)5-2-14(17)9-21)11-18(23-12)13-3-6-16(20)7-4-13/h2-8,12,18H,10-11H2,1H3. The van der Waals surface area contributed by atoms with Crippen molar-refractivity contribution in [3.05, 3.63) is 64.4 Å². The van der Waals surface area contributed by atoms with Crippen LogP contribution in [0.3, 0.4) is 0 Å². The minimum absolute atomic E-state index is 0.00988. The van der Waals surface area contributed by atoms with E-state index in [1.807, 2.05) is 6.92 Å². The highest BCUT2D eigenvalue weighted by Gasteiger charge is 2.28. The summed E-state index contributed by atoms with van der Waals surface area (Å²) in [5.74, 6) is -0.268. The van der Waals surface area contributed by atoms with Gasteiger partial charge in [-0.25, -0.2) is 4.39 Å². The maximum atomic E-state index is 13.1. The first-order valence-electron chi connectivity index (χ1n) is 7.42. The molecular formula is C18H16ClFN2O. The lowest BCUT2D eigenvalue weighted by Crippen LogP contribution is -2.43. The average molecular weight is 331 g/mol. The first-order valence-corrected chi connectivity index (χ1v) is 7.80. The summed E-state index contributed by atoms with van der Waals surface area (Å²) in [4.78, 5) is 2.10. The Bertz CT molecular complexity index is 742. The van der Waals surface area contributed by atoms with Crippen LogP contribution < -0.4 is 4.90 Å². The minimum atomic E-state index is -0.268. The van der Waals surface area contributed by atoms with E-state index in [0.29, 0.717) is 23.7 Å². The number of benzene rings is 2. The van der Waals surface area contributed by atoms with Crippen molar-refractivity contribution in [2.45, 2.75) is 19.1 Å². The van der Waals surface area contributed by atoms with Crippen molar-refractivity contribution >= 4 is 17.3 Å². The van der Waals surface area contributed by atoms with Gasteiger partial charge in [-0.3, -0.25) is 0 Å². The highest BCUT2D eigenvalue weighted by atomic mass is 35.5. The molecule has 1 saturated heterocycles. The topological polar surface area (TPSA) is 36.3 Å². The van der Waals surface area contributed by atoms with Gasteiger partial charge in [-0.2, -0.15) is 5.26 Å². The Morgan fingerprint density at radius 1 is 1.22 bits per heavy atom. The summed E-state index contributed by atoms with van der Waals surface area (Å²) in [5, 5.41) is 9.92. The van der Waals surface area contributed by atoms with Crippen LogP contribution in [-0.2, 0) is 4.74 Å². The van der Waals surface area contributed by atoms with Crippen molar-refractivity contribution in [3.8, 4) is 6.07 Å². The van der Waals surface area contributed by atoms with Crippen LogP contribution in [0.1, 0.15) is 24.2 Å². The maximum Gasteiger partial charge on any atom is 0.123 e. The number of anilines is 1. The van der Waals surface area contributed by atoms with Crippen molar-refractivity contribution in [2.24, 2.45) is 0 Å². The Hall–Kier alpha value is -2.09. The van der Waals surface area contributed by atoms with Crippen molar-refractivity contribution in [1.82, 2.24) is 0 Å². The fourth-order valence-electron chi connectivity index (χ4n) is 2.87. The molecule has 1 aliphatic rings. The molecule has 0 spiro atoms. The van der Waals surface area contributed by atoms with Gasteiger partial charge in [-0.05, 0) is 42.8 Å². The molecule has 2 unspecified atom stereocenters. The molecule has 1 aliphatic heterocycles. The molecular weight excluding hydrogens is 315 g/mol. The molecule has 0 amide bonds. The molecule has 2 aromatic carbocycles. The van der Waals surface area contributed by atoms with Crippen LogP contribution in [0.25, 0.3) is 0 Å². The monoisotopic (exact) mass is 330 g/mol. The van der Waals surface area contributed by atoms with E-state index < -0.39 is 0 Å². The zero-order valence-electron chi connectivity index (χ0n) is 12.7. The lowest BCUT2D eigenvalue weighted by atomic mass is 10.0. The van der Waals surface area contributed by atoms with Crippen LogP contribution in [-0.4, -0.2) is 19.2 Å². The van der Waals surface area contributed by atoms with Crippen LogP contribution in [0.15, 0.2) is 42.5 Å². The lowest BCUT2D eigenvalue weighted by Gasteiger charge is -2.38. The Morgan fingerprint density at radius 3 is 2.65 bits per heavy atom. The summed E-state index contributed by atoms with van der Waals surface area (Å²) >= 11 is 6.09. The van der Waals surface area contributed by atoms with E-state index in [1.165, 1.54) is 12.1 Å². The third kappa shape index (κ3) is 3.47. The molecule has 1 heterocycles. The van der Waals surface area contributed by atoms with Gasteiger partial charge in [0.25, 0.3) is 0 Å². The zero-order chi connectivity index (χ0) is 16.4. The van der Waals surface area contributed by atoms with Crippen LogP contribution in [0.2, 0.25) is 5.02 Å². The highest BCUT2D eigenvalue weighted by Crippen LogP contribution is 2.32. The lowest BCUT2D eigenvalue weighted by molar-refractivity contribution is -0.0174. The molecule has 2 atom stereocenters. The summed E-state index contributed by atoms with van der Waals surface area (Å²) in [6.45, 7) is 3.25. The van der Waals surface area contributed by atoms with Gasteiger partial charge in [-0.1, -0.05) is 23.7 Å². The first-order chi connectivity index (χ1) is 11.1. The Kier molecular flexibility index (Phi) is 4.51. The second-order valence-electron chi connectivity index (χ2n) is 5.67. The summed E-state index contributed by atoms with van der Waals surface area (Å²) in [6.07, 6.45) is -0.186. The van der Waals surface area contributed by atoms with Crippen molar-refractivity contribution in [2.75, 3.05) is 18.0 Å². The molecule has 5 heteroatoms. The third-order valence-electron chi connectivity index (χ3n) is 3.92. The summed E-state index contributed by atoms with van der Waals surface area (Å²) < 4.78 is 19.1. The smallest absolute Gasteiger partial charge is 0.123 e. The predicted octanol–water partition coefficient (Wildman–Crippen LogP) is 4.32. The fourth-order valence-corrected chi connectivity index (χ4v) is 3.04. The molecule has 1 fully saturated rings. The second kappa shape index (κ2) is 6.57. The third-order valence-corrected chi connectivity index (χ3v) is 4.16. The second-order valence-corrected chi connectivity index (χ2v) is 6.10. The SMILES string of the molecule is CC1CN(c2cc(Cl)ccc2C#N)CC(c2ccc(F)cc2)O1. The van der Waals surface area contributed by atoms with Gasteiger partial charge < -0.3 is 9.64 Å². The van der Waals surface area contributed by atoms with E-state index in [0.717, 1.165) is 11.3 Å². The number of hydrogen-bond acceptors (Lipinski definition) is 3. The Balaban J connectivity index is 1.91. The number of morpholine rings is 1. The maximum absolute atomic E-state index is 13.1. The molecule has 3 rings (SSSR count). The number of nitriles is 1. The first kappa shape index (κ1) is 15.8. The van der Waals surface area contributed by atoms with Gasteiger partial charge in [0.2, 0.25) is 0 Å². The van der Waals surface area contributed by atoms with Gasteiger partial charge in [-0.15, -0.1) is 0 Å². The van der Waals surface area contributed by atoms with E-state index >= 15 is 0 Å². The van der Waals surface area contributed by atoms with Crippen LogP contribution in [0, 0.1) is 17.1 Å². The zero-order valence-corrected chi connectivity index (χ0v) is 13.4. The Labute approximate surface area is 139 Å². The number of hydrogen-bond donors (Lipinski definition) is 0. The molecule has 2 aromatic rings. The number of ether oxygens (including phenoxy) is 1. The van der Waals surface area contributed by atoms with Crippen molar-refractivity contribution in [3.63, 3.8) is 0 Å². The largest absolute Gasteiger partial charge is 0.367 e. The summed E-state index contributed by atoms with van der Waals surface area (Å²) in [7, 11) is 0. The number of rotatable bonds is 2. The predicted molar refractivity (Wildman–Crippen MR) is 88.1 cm³/mol. The van der Waals surface area contributed by atoms with Gasteiger partial charge in [0.05, 0.1) is 17.4 Å². The van der Waals surface area contributed by atoms with Gasteiger partial charge in [0, 0.05) is 18.1 Å². The van der Waals surface area contributed by atoms with Gasteiger partial charge in [0.1, 0.15) is 18.0 Å². The van der Waals surface area contributed by atoms with E-state index in [9.17, 15) is 9.65 Å². The van der Waals surface area contributed by atoms with Crippen LogP contribution in [0.4, 0.5) is 10.1 Å². The molecule has 0 saturated carbocycles. The average Bonchev–Trinajstić information content (AvgIpc) is 2.55. The van der Waals surface area contributed by atoms with Crippen molar-refractivity contribution in [1.29, 1.82) is 5.26 Å². The molecule has 0 aliphatic carbocycles. The molecule has 0 radical (unpaired) electrons. The molecule has 0 aromatic heterocycles. The normalized spacial score (nSPS) is 21.0. The molecule has 0 N–H and O–H groups in total. The van der Waals surface area contributed by atoms with E-state index in [4.69, 9.17) is 16.3 Å². The number of halogens is 2. The van der Waals surface area contributed by atoms with Crippen molar-refractivity contribution < 1.29 is 9.13 Å². The Morgan fingerprint density at radius 2 is 1.96 bits per heavy atom. The summed E-state index contributed by atoms with van der Waals surface area (Å²) in [6, 6.07) is 13.8. The molecule has 23 heavy (non-hydrogen) atoms. The minimum Gasteiger partial charge on any atom is -0.367 e. The van der Waals surface area contributed by atoms with E-state index in [-0.39, 0.29) is 18.0 Å². The van der Waals surface area contributed by atoms with Crippen LogP contribution >= 0.6 is 11.6 Å². The van der Waals surface area contributed by atoms with E-state index in [2.05, 4.69) is 11.0 Å². The quantitative estimate of drug-likeness (QED) is 0.823.